The number of rotatable bonds is 8. The first-order valence-corrected chi connectivity index (χ1v) is 12.1. The highest BCUT2D eigenvalue weighted by atomic mass is 31.2. The number of benzene rings is 2. The molecule has 0 spiro atoms. The van der Waals surface area contributed by atoms with Crippen molar-refractivity contribution < 1.29 is 22.4 Å². The van der Waals surface area contributed by atoms with Crippen molar-refractivity contribution >= 4 is 29.5 Å². The highest BCUT2D eigenvalue weighted by molar-refractivity contribution is 7.53. The molecular weight excluding hydrogens is 435 g/mol. The van der Waals surface area contributed by atoms with Crippen molar-refractivity contribution in [1.82, 2.24) is 14.5 Å². The van der Waals surface area contributed by atoms with Crippen LogP contribution in [0, 0.1) is 18.6 Å². The lowest BCUT2D eigenvalue weighted by Gasteiger charge is -2.17. The van der Waals surface area contributed by atoms with Crippen LogP contribution in [0.15, 0.2) is 42.6 Å². The van der Waals surface area contributed by atoms with Gasteiger partial charge in [-0.05, 0) is 38.0 Å². The summed E-state index contributed by atoms with van der Waals surface area (Å²) >= 11 is 0. The van der Waals surface area contributed by atoms with Crippen molar-refractivity contribution in [3.8, 4) is 0 Å². The lowest BCUT2D eigenvalue weighted by Crippen LogP contribution is -2.02. The van der Waals surface area contributed by atoms with Crippen molar-refractivity contribution in [3.05, 3.63) is 71.2 Å². The lowest BCUT2D eigenvalue weighted by molar-refractivity contribution is 0.219. The summed E-state index contributed by atoms with van der Waals surface area (Å²) in [5, 5.41) is 0.276. The second kappa shape index (κ2) is 9.06. The summed E-state index contributed by atoms with van der Waals surface area (Å²) in [5.74, 6) is -0.792. The Kier molecular flexibility index (Phi) is 6.38. The molecular formula is C23H24F2N3O3P. The largest absolute Gasteiger partial charge is 0.335 e. The second-order valence-corrected chi connectivity index (χ2v) is 9.49. The van der Waals surface area contributed by atoms with Crippen LogP contribution in [-0.2, 0) is 26.3 Å². The Morgan fingerprint density at radius 1 is 1.00 bits per heavy atom. The number of hydrogen-bond donors (Lipinski definition) is 0. The highest BCUT2D eigenvalue weighted by Gasteiger charge is 2.24. The molecule has 0 saturated carbocycles. The molecule has 4 aromatic rings. The molecule has 0 atom stereocenters. The van der Waals surface area contributed by atoms with Gasteiger partial charge in [0.2, 0.25) is 0 Å². The number of nitrogens with zero attached hydrogens (tertiary/aromatic N) is 3. The van der Waals surface area contributed by atoms with Gasteiger partial charge in [-0.15, -0.1) is 0 Å². The summed E-state index contributed by atoms with van der Waals surface area (Å²) in [5.41, 5.74) is 3.21. The van der Waals surface area contributed by atoms with Crippen LogP contribution in [0.25, 0.3) is 21.9 Å². The number of aryl methyl sites for hydroxylation is 1. The molecule has 0 saturated heterocycles. The monoisotopic (exact) mass is 459 g/mol. The third-order valence-corrected chi connectivity index (χ3v) is 7.19. The minimum Gasteiger partial charge on any atom is -0.333 e. The summed E-state index contributed by atoms with van der Waals surface area (Å²) in [6.07, 6.45) is 1.80. The molecule has 0 unspecified atom stereocenters. The molecule has 2 heterocycles. The molecule has 0 radical (unpaired) electrons. The van der Waals surface area contributed by atoms with Gasteiger partial charge in [-0.2, -0.15) is 0 Å². The average Bonchev–Trinajstić information content (AvgIpc) is 3.02. The van der Waals surface area contributed by atoms with Crippen LogP contribution in [0.4, 0.5) is 8.78 Å². The van der Waals surface area contributed by atoms with E-state index < -0.39 is 19.2 Å². The summed E-state index contributed by atoms with van der Waals surface area (Å²) in [7, 11) is -3.20. The van der Waals surface area contributed by atoms with E-state index in [0.717, 1.165) is 17.2 Å². The van der Waals surface area contributed by atoms with Gasteiger partial charge in [-0.3, -0.25) is 4.57 Å². The van der Waals surface area contributed by atoms with Crippen molar-refractivity contribution in [2.24, 2.45) is 0 Å². The first-order chi connectivity index (χ1) is 15.3. The predicted octanol–water partition coefficient (Wildman–Crippen LogP) is 5.99. The van der Waals surface area contributed by atoms with E-state index in [0.29, 0.717) is 42.1 Å². The topological polar surface area (TPSA) is 66.2 Å². The van der Waals surface area contributed by atoms with Crippen LogP contribution in [-0.4, -0.2) is 27.7 Å². The fourth-order valence-electron chi connectivity index (χ4n) is 3.83. The van der Waals surface area contributed by atoms with Crippen LogP contribution >= 0.6 is 7.60 Å². The van der Waals surface area contributed by atoms with E-state index in [1.54, 1.807) is 31.5 Å². The molecule has 0 aliphatic heterocycles. The van der Waals surface area contributed by atoms with E-state index >= 15 is 0 Å². The van der Waals surface area contributed by atoms with Gasteiger partial charge in [0, 0.05) is 12.6 Å². The van der Waals surface area contributed by atoms with Crippen LogP contribution in [0.5, 0.6) is 0 Å². The molecule has 2 aromatic carbocycles. The predicted molar refractivity (Wildman–Crippen MR) is 120 cm³/mol. The van der Waals surface area contributed by atoms with Crippen molar-refractivity contribution in [1.29, 1.82) is 0 Å². The first-order valence-electron chi connectivity index (χ1n) is 10.4. The first kappa shape index (κ1) is 22.5. The maximum atomic E-state index is 14.6. The molecule has 0 aliphatic rings. The fourth-order valence-corrected chi connectivity index (χ4v) is 5.53. The van der Waals surface area contributed by atoms with Gasteiger partial charge >= 0.3 is 7.60 Å². The van der Waals surface area contributed by atoms with Gasteiger partial charge in [-0.25, -0.2) is 18.7 Å². The van der Waals surface area contributed by atoms with E-state index in [-0.39, 0.29) is 11.5 Å². The number of fused-ring (bicyclic) bond motifs is 3. The molecule has 4 rings (SSSR count). The summed E-state index contributed by atoms with van der Waals surface area (Å²) in [6.45, 7) is 6.25. The molecule has 0 fully saturated rings. The van der Waals surface area contributed by atoms with Gasteiger partial charge in [0.05, 0.1) is 42.0 Å². The summed E-state index contributed by atoms with van der Waals surface area (Å²) < 4.78 is 54.0. The maximum Gasteiger partial charge on any atom is 0.335 e. The van der Waals surface area contributed by atoms with E-state index in [4.69, 9.17) is 9.05 Å². The molecule has 0 N–H and O–H groups in total. The standard InChI is InChI=1S/C23H24F2N3O3P/c1-4-30-32(29,31-5-2)14-17-8-6-16(7-9-17)13-28-20-11-18(24)10-19(25)22(20)23-21(28)12-26-15(3)27-23/h6-12H,4-5,13-14H2,1-3H3. The Bertz CT molecular complexity index is 1310. The van der Waals surface area contributed by atoms with E-state index in [1.807, 2.05) is 24.3 Å². The smallest absolute Gasteiger partial charge is 0.333 e. The van der Waals surface area contributed by atoms with Gasteiger partial charge < -0.3 is 13.6 Å². The van der Waals surface area contributed by atoms with E-state index in [9.17, 15) is 13.3 Å². The molecule has 0 bridgehead atoms. The van der Waals surface area contributed by atoms with Crippen LogP contribution < -0.4 is 0 Å². The zero-order valence-electron chi connectivity index (χ0n) is 18.1. The molecule has 0 aliphatic carbocycles. The summed E-state index contributed by atoms with van der Waals surface area (Å²) in [6, 6.07) is 9.67. The molecule has 9 heteroatoms. The summed E-state index contributed by atoms with van der Waals surface area (Å²) in [4.78, 5) is 8.63. The van der Waals surface area contributed by atoms with Crippen molar-refractivity contribution in [3.63, 3.8) is 0 Å². The Morgan fingerprint density at radius 2 is 1.66 bits per heavy atom. The zero-order valence-corrected chi connectivity index (χ0v) is 19.0. The molecule has 2 aromatic heterocycles. The van der Waals surface area contributed by atoms with Crippen LogP contribution in [0.2, 0.25) is 0 Å². The third kappa shape index (κ3) is 4.44. The quantitative estimate of drug-likeness (QED) is 0.303. The minimum absolute atomic E-state index is 0.174. The molecule has 32 heavy (non-hydrogen) atoms. The maximum absolute atomic E-state index is 14.6. The van der Waals surface area contributed by atoms with E-state index in [1.165, 1.54) is 6.07 Å². The molecule has 168 valence electrons. The minimum atomic E-state index is -3.20. The van der Waals surface area contributed by atoms with Crippen LogP contribution in [0.3, 0.4) is 0 Å². The number of hydrogen-bond acceptors (Lipinski definition) is 5. The Labute approximate surface area is 184 Å². The second-order valence-electron chi connectivity index (χ2n) is 7.44. The van der Waals surface area contributed by atoms with E-state index in [2.05, 4.69) is 9.97 Å². The number of aromatic nitrogens is 3. The Hall–Kier alpha value is -2.67. The normalized spacial score (nSPS) is 12.2. The lowest BCUT2D eigenvalue weighted by atomic mass is 10.1. The zero-order chi connectivity index (χ0) is 22.9. The molecule has 6 nitrogen and oxygen atoms in total. The number of halogens is 2. The average molecular weight is 459 g/mol. The third-order valence-electron chi connectivity index (χ3n) is 5.13. The van der Waals surface area contributed by atoms with Gasteiger partial charge in [0.15, 0.2) is 0 Å². The van der Waals surface area contributed by atoms with Gasteiger partial charge in [-0.1, -0.05) is 24.3 Å². The Balaban J connectivity index is 1.70. The van der Waals surface area contributed by atoms with Gasteiger partial charge in [0.25, 0.3) is 0 Å². The Morgan fingerprint density at radius 3 is 2.31 bits per heavy atom. The van der Waals surface area contributed by atoms with Gasteiger partial charge in [0.1, 0.15) is 23.0 Å². The SMILES string of the molecule is CCOP(=O)(Cc1ccc(Cn2c3cnc(C)nc3c3c(F)cc(F)cc32)cc1)OCC. The molecule has 0 amide bonds. The van der Waals surface area contributed by atoms with Crippen molar-refractivity contribution in [2.75, 3.05) is 13.2 Å². The fraction of sp³-hybridized carbons (Fsp3) is 0.304. The highest BCUT2D eigenvalue weighted by Crippen LogP contribution is 2.51. The van der Waals surface area contributed by atoms with Crippen LogP contribution in [0.1, 0.15) is 30.8 Å². The van der Waals surface area contributed by atoms with Crippen molar-refractivity contribution in [2.45, 2.75) is 33.5 Å².